The van der Waals surface area contributed by atoms with Gasteiger partial charge in [0.15, 0.2) is 5.65 Å². The molecule has 1 aliphatic heterocycles. The Balaban J connectivity index is 1.68. The summed E-state index contributed by atoms with van der Waals surface area (Å²) in [7, 11) is 1.53. The van der Waals surface area contributed by atoms with Crippen molar-refractivity contribution in [3.63, 3.8) is 0 Å². The lowest BCUT2D eigenvalue weighted by Gasteiger charge is -2.21. The van der Waals surface area contributed by atoms with E-state index in [4.69, 9.17) is 15.5 Å². The zero-order valence-electron chi connectivity index (χ0n) is 15.3. The van der Waals surface area contributed by atoms with E-state index in [1.165, 1.54) is 7.11 Å². The van der Waals surface area contributed by atoms with Crippen LogP contribution in [0.15, 0.2) is 41.3 Å². The summed E-state index contributed by atoms with van der Waals surface area (Å²) in [6.07, 6.45) is 1.82. The number of aliphatic hydroxyl groups excluding tert-OH is 1. The van der Waals surface area contributed by atoms with Crippen LogP contribution in [0.2, 0.25) is 0 Å². The van der Waals surface area contributed by atoms with Crippen molar-refractivity contribution < 1.29 is 9.84 Å². The Morgan fingerprint density at radius 1 is 1.21 bits per heavy atom. The number of nitrogens with two attached hydrogens (primary N) is 1. The highest BCUT2D eigenvalue weighted by Crippen LogP contribution is 2.29. The molecule has 5 rings (SSSR count). The van der Waals surface area contributed by atoms with Crippen molar-refractivity contribution in [1.82, 2.24) is 19.3 Å². The molecule has 0 spiro atoms. The van der Waals surface area contributed by atoms with Gasteiger partial charge in [-0.1, -0.05) is 6.07 Å². The molecule has 8 nitrogen and oxygen atoms in total. The van der Waals surface area contributed by atoms with Crippen molar-refractivity contribution >= 4 is 27.6 Å². The van der Waals surface area contributed by atoms with E-state index >= 15 is 0 Å². The van der Waals surface area contributed by atoms with Crippen LogP contribution in [-0.4, -0.2) is 37.7 Å². The van der Waals surface area contributed by atoms with Gasteiger partial charge < -0.3 is 15.6 Å². The summed E-state index contributed by atoms with van der Waals surface area (Å²) in [5, 5.41) is 11.4. The molecule has 8 heteroatoms. The minimum atomic E-state index is -0.456. The van der Waals surface area contributed by atoms with Gasteiger partial charge in [0.25, 0.3) is 5.56 Å². The van der Waals surface area contributed by atoms with Crippen molar-refractivity contribution in [3.05, 3.63) is 46.9 Å². The second-order valence-corrected chi connectivity index (χ2v) is 7.04. The first kappa shape index (κ1) is 16.8. The number of anilines is 1. The van der Waals surface area contributed by atoms with Crippen molar-refractivity contribution in [2.45, 2.75) is 25.6 Å². The molecule has 0 aliphatic carbocycles. The fourth-order valence-electron chi connectivity index (χ4n) is 3.83. The number of nitrogen functional groups attached to an aromatic ring is 1. The maximum atomic E-state index is 12.8. The molecule has 3 N–H and O–H groups in total. The van der Waals surface area contributed by atoms with Crippen molar-refractivity contribution in [1.29, 1.82) is 0 Å². The Bertz CT molecular complexity index is 1290. The van der Waals surface area contributed by atoms with E-state index in [1.54, 1.807) is 15.6 Å². The summed E-state index contributed by atoms with van der Waals surface area (Å²) < 4.78 is 8.56. The predicted octanol–water partition coefficient (Wildman–Crippen LogP) is 1.77. The molecule has 0 radical (unpaired) electrons. The molecule has 0 fully saturated rings. The van der Waals surface area contributed by atoms with E-state index in [0.29, 0.717) is 42.1 Å². The van der Waals surface area contributed by atoms with E-state index in [1.807, 2.05) is 30.3 Å². The maximum Gasteiger partial charge on any atom is 0.276 e. The standard InChI is InChI=1S/C20H19N5O3/c1-28-19-16(21)8-13(9-22-19)11-2-3-17-12(6-11)7-15-18(23-17)25-10-14(26)4-5-24(25)20(15)27/h2-3,6-9,14,26H,4-5,10,21H2,1H3. The maximum absolute atomic E-state index is 12.8. The normalized spacial score (nSPS) is 16.4. The molecule has 4 heterocycles. The Morgan fingerprint density at radius 2 is 2.07 bits per heavy atom. The minimum absolute atomic E-state index is 0.0722. The van der Waals surface area contributed by atoms with E-state index < -0.39 is 6.10 Å². The molecule has 1 unspecified atom stereocenters. The number of aliphatic hydroxyl groups is 1. The van der Waals surface area contributed by atoms with Crippen LogP contribution in [-0.2, 0) is 13.1 Å². The monoisotopic (exact) mass is 377 g/mol. The smallest absolute Gasteiger partial charge is 0.276 e. The van der Waals surface area contributed by atoms with Gasteiger partial charge in [0.05, 0.1) is 36.3 Å². The van der Waals surface area contributed by atoms with Gasteiger partial charge in [-0.15, -0.1) is 0 Å². The molecule has 142 valence electrons. The molecule has 1 aromatic carbocycles. The average Bonchev–Trinajstić information content (AvgIpc) is 2.97. The summed E-state index contributed by atoms with van der Waals surface area (Å²) in [6.45, 7) is 0.876. The van der Waals surface area contributed by atoms with Crippen molar-refractivity contribution in [3.8, 4) is 17.0 Å². The van der Waals surface area contributed by atoms with Crippen LogP contribution in [0.4, 0.5) is 5.69 Å². The lowest BCUT2D eigenvalue weighted by atomic mass is 10.0. The van der Waals surface area contributed by atoms with Crippen LogP contribution in [0.3, 0.4) is 0 Å². The zero-order chi connectivity index (χ0) is 19.4. The first-order valence-electron chi connectivity index (χ1n) is 9.07. The van der Waals surface area contributed by atoms with Crippen LogP contribution in [0, 0.1) is 0 Å². The topological polar surface area (TPSA) is 108 Å². The first-order valence-corrected chi connectivity index (χ1v) is 9.07. The molecule has 0 saturated carbocycles. The first-order chi connectivity index (χ1) is 13.5. The number of aromatic nitrogens is 4. The average molecular weight is 377 g/mol. The number of benzene rings is 1. The summed E-state index contributed by atoms with van der Waals surface area (Å²) in [5.41, 5.74) is 9.55. The lowest BCUT2D eigenvalue weighted by molar-refractivity contribution is 0.102. The molecule has 3 aromatic heterocycles. The SMILES string of the molecule is COc1ncc(-c2ccc3nc4c(cc3c2)c(=O)n2n4CC(O)CC2)cc1N. The van der Waals surface area contributed by atoms with Gasteiger partial charge in [-0.2, -0.15) is 0 Å². The zero-order valence-corrected chi connectivity index (χ0v) is 15.3. The van der Waals surface area contributed by atoms with E-state index in [9.17, 15) is 9.90 Å². The minimum Gasteiger partial charge on any atom is -0.480 e. The van der Waals surface area contributed by atoms with Gasteiger partial charge in [-0.3, -0.25) is 9.48 Å². The second-order valence-electron chi connectivity index (χ2n) is 7.04. The van der Waals surface area contributed by atoms with Gasteiger partial charge in [-0.25, -0.2) is 14.6 Å². The number of methoxy groups -OCH3 is 1. The second kappa shape index (κ2) is 6.07. The van der Waals surface area contributed by atoms with Gasteiger partial charge in [-0.05, 0) is 36.2 Å². The van der Waals surface area contributed by atoms with E-state index in [-0.39, 0.29) is 5.56 Å². The molecule has 1 aliphatic rings. The van der Waals surface area contributed by atoms with Gasteiger partial charge in [0.1, 0.15) is 0 Å². The number of nitrogens with zero attached hydrogens (tertiary/aromatic N) is 4. The molecule has 1 atom stereocenters. The van der Waals surface area contributed by atoms with E-state index in [0.717, 1.165) is 22.0 Å². The molecule has 28 heavy (non-hydrogen) atoms. The predicted molar refractivity (Wildman–Crippen MR) is 106 cm³/mol. The third-order valence-electron chi connectivity index (χ3n) is 5.26. The van der Waals surface area contributed by atoms with E-state index in [2.05, 4.69) is 4.98 Å². The number of rotatable bonds is 2. The molecule has 4 aromatic rings. The molecule has 0 amide bonds. The fraction of sp³-hybridized carbons (Fsp3) is 0.250. The van der Waals surface area contributed by atoms with Crippen molar-refractivity contribution in [2.24, 2.45) is 0 Å². The number of hydrogen-bond acceptors (Lipinski definition) is 6. The Hall–Kier alpha value is -3.39. The van der Waals surface area contributed by atoms with Gasteiger partial charge in [0, 0.05) is 23.7 Å². The molecule has 0 saturated heterocycles. The number of pyridine rings is 2. The van der Waals surface area contributed by atoms with Crippen LogP contribution in [0.25, 0.3) is 33.1 Å². The highest BCUT2D eigenvalue weighted by molar-refractivity contribution is 5.93. The van der Waals surface area contributed by atoms with Gasteiger partial charge in [0.2, 0.25) is 5.88 Å². The molecular formula is C20H19N5O3. The third-order valence-corrected chi connectivity index (χ3v) is 5.26. The summed E-state index contributed by atoms with van der Waals surface area (Å²) in [5.74, 6) is 0.391. The third kappa shape index (κ3) is 2.45. The Morgan fingerprint density at radius 3 is 2.86 bits per heavy atom. The highest BCUT2D eigenvalue weighted by Gasteiger charge is 2.22. The van der Waals surface area contributed by atoms with Crippen LogP contribution in [0.5, 0.6) is 5.88 Å². The largest absolute Gasteiger partial charge is 0.480 e. The molecule has 0 bridgehead atoms. The summed E-state index contributed by atoms with van der Waals surface area (Å²) in [6, 6.07) is 9.52. The highest BCUT2D eigenvalue weighted by atomic mass is 16.5. The lowest BCUT2D eigenvalue weighted by Crippen LogP contribution is -2.34. The summed E-state index contributed by atoms with van der Waals surface area (Å²) in [4.78, 5) is 21.7. The Kier molecular flexibility index (Phi) is 3.63. The fourth-order valence-corrected chi connectivity index (χ4v) is 3.83. The number of ether oxygens (including phenoxy) is 1. The van der Waals surface area contributed by atoms with Crippen LogP contribution >= 0.6 is 0 Å². The van der Waals surface area contributed by atoms with Crippen LogP contribution in [0.1, 0.15) is 6.42 Å². The van der Waals surface area contributed by atoms with Crippen molar-refractivity contribution in [2.75, 3.05) is 12.8 Å². The number of hydrogen-bond donors (Lipinski definition) is 2. The van der Waals surface area contributed by atoms with Gasteiger partial charge >= 0.3 is 0 Å². The van der Waals surface area contributed by atoms with Crippen LogP contribution < -0.4 is 16.0 Å². The Labute approximate surface area is 159 Å². The summed E-state index contributed by atoms with van der Waals surface area (Å²) >= 11 is 0. The quantitative estimate of drug-likeness (QED) is 0.551. The number of fused-ring (bicyclic) bond motifs is 4. The molecular weight excluding hydrogens is 358 g/mol.